The van der Waals surface area contributed by atoms with Gasteiger partial charge < -0.3 is 33.8 Å². The molecule has 0 aliphatic heterocycles. The van der Waals surface area contributed by atoms with E-state index in [0.717, 1.165) is 108 Å². The van der Waals surface area contributed by atoms with Crippen LogP contribution in [0.2, 0.25) is 0 Å². The highest BCUT2D eigenvalue weighted by Crippen LogP contribution is 2.45. The summed E-state index contributed by atoms with van der Waals surface area (Å²) in [6.45, 7) is 12.0. The van der Waals surface area contributed by atoms with E-state index in [0.29, 0.717) is 25.7 Å². The maximum atomic E-state index is 13.1. The van der Waals surface area contributed by atoms with Crippen molar-refractivity contribution in [2.24, 2.45) is 17.8 Å². The number of aliphatic hydroxyl groups excluding tert-OH is 1. The summed E-state index contributed by atoms with van der Waals surface area (Å²) in [5.41, 5.74) is 0. The Morgan fingerprint density at radius 3 is 0.738 bits per heavy atom. The standard InChI is InChI=1S/C84H164O17P2/c1-8-11-12-13-14-15-16-17-18-19-20-21-22-23-28-31-37-46-53-60-67-83(88)100-79(71-94-81(86)65-58-51-44-36-30-27-25-24-26-29-34-42-49-56-63-76(6)9-2)73-98-102(90,91)96-69-78(85)70-97-103(92,93)99-74-80(72-95-82(87)66-59-52-45-40-39-41-48-55-62-75(4)5)101-84(89)68-61-54-47-38-33-32-35-43-50-57-64-77(7)10-3/h75-80,85H,8-74H2,1-7H3,(H,90,91)(H,92,93)/t76?,77?,78-,79-,80-/m1/s1. The molecular weight excluding hydrogens is 1340 g/mol. The fourth-order valence-corrected chi connectivity index (χ4v) is 14.5. The number of aliphatic hydroxyl groups is 1. The van der Waals surface area contributed by atoms with Crippen LogP contribution < -0.4 is 0 Å². The molecule has 0 aliphatic rings. The van der Waals surface area contributed by atoms with Crippen molar-refractivity contribution < 1.29 is 80.2 Å². The molecule has 0 aliphatic carbocycles. The summed E-state index contributed by atoms with van der Waals surface area (Å²) in [5.74, 6) is 0.271. The minimum atomic E-state index is -4.97. The first kappa shape index (κ1) is 101. The molecule has 17 nitrogen and oxygen atoms in total. The Labute approximate surface area is 632 Å². The van der Waals surface area contributed by atoms with Crippen molar-refractivity contribution in [3.8, 4) is 0 Å². The average Bonchev–Trinajstić information content (AvgIpc) is 0.912. The molecule has 4 unspecified atom stereocenters. The second kappa shape index (κ2) is 74.2. The highest BCUT2D eigenvalue weighted by Gasteiger charge is 2.30. The number of phosphoric acid groups is 2. The zero-order chi connectivity index (χ0) is 75.8. The highest BCUT2D eigenvalue weighted by molar-refractivity contribution is 7.47. The van der Waals surface area contributed by atoms with E-state index in [4.69, 9.17) is 37.0 Å². The van der Waals surface area contributed by atoms with Crippen molar-refractivity contribution in [2.45, 2.75) is 458 Å². The van der Waals surface area contributed by atoms with Gasteiger partial charge in [0.05, 0.1) is 26.4 Å². The predicted octanol–water partition coefficient (Wildman–Crippen LogP) is 25.3. The normalized spacial score (nSPS) is 14.4. The number of hydrogen-bond donors (Lipinski definition) is 3. The van der Waals surface area contributed by atoms with E-state index in [9.17, 15) is 43.2 Å². The van der Waals surface area contributed by atoms with Crippen LogP contribution in [-0.2, 0) is 65.4 Å². The van der Waals surface area contributed by atoms with Crippen LogP contribution in [0, 0.1) is 17.8 Å². The molecule has 19 heteroatoms. The molecule has 0 aromatic rings. The van der Waals surface area contributed by atoms with Crippen LogP contribution in [0.15, 0.2) is 0 Å². The third-order valence-corrected chi connectivity index (χ3v) is 22.3. The number of esters is 4. The molecule has 0 rings (SSSR count). The van der Waals surface area contributed by atoms with Gasteiger partial charge in [0.1, 0.15) is 19.3 Å². The molecule has 0 amide bonds. The molecule has 103 heavy (non-hydrogen) atoms. The highest BCUT2D eigenvalue weighted by atomic mass is 31.2. The van der Waals surface area contributed by atoms with Gasteiger partial charge in [0.25, 0.3) is 0 Å². The topological polar surface area (TPSA) is 237 Å². The van der Waals surface area contributed by atoms with Gasteiger partial charge in [-0.2, -0.15) is 0 Å². The summed E-state index contributed by atoms with van der Waals surface area (Å²) in [6.07, 6.45) is 63.8. The van der Waals surface area contributed by atoms with Gasteiger partial charge >= 0.3 is 39.5 Å². The third-order valence-electron chi connectivity index (χ3n) is 20.4. The minimum Gasteiger partial charge on any atom is -0.462 e. The number of phosphoric ester groups is 2. The van der Waals surface area contributed by atoms with E-state index < -0.39 is 97.5 Å². The van der Waals surface area contributed by atoms with Crippen LogP contribution in [0.4, 0.5) is 0 Å². The molecule has 0 saturated heterocycles. The van der Waals surface area contributed by atoms with Gasteiger partial charge in [0.2, 0.25) is 0 Å². The maximum absolute atomic E-state index is 13.1. The zero-order valence-electron chi connectivity index (χ0n) is 67.8. The van der Waals surface area contributed by atoms with Crippen LogP contribution in [0.25, 0.3) is 0 Å². The summed E-state index contributed by atoms with van der Waals surface area (Å²) in [7, 11) is -9.93. The van der Waals surface area contributed by atoms with Crippen molar-refractivity contribution in [3.63, 3.8) is 0 Å². The smallest absolute Gasteiger partial charge is 0.462 e. The van der Waals surface area contributed by atoms with Crippen LogP contribution >= 0.6 is 15.6 Å². The quantitative estimate of drug-likeness (QED) is 0.0222. The molecule has 7 atom stereocenters. The second-order valence-electron chi connectivity index (χ2n) is 31.2. The number of carbonyl (C=O) groups is 4. The average molecular weight is 1510 g/mol. The summed E-state index contributed by atoms with van der Waals surface area (Å²) in [5, 5.41) is 10.7. The van der Waals surface area contributed by atoms with Gasteiger partial charge in [0, 0.05) is 25.7 Å². The second-order valence-corrected chi connectivity index (χ2v) is 34.1. The Kier molecular flexibility index (Phi) is 72.8. The Bertz CT molecular complexity index is 2000. The van der Waals surface area contributed by atoms with Crippen LogP contribution in [0.3, 0.4) is 0 Å². The summed E-state index contributed by atoms with van der Waals surface area (Å²) < 4.78 is 68.8. The van der Waals surface area contributed by atoms with Crippen molar-refractivity contribution in [3.05, 3.63) is 0 Å². The lowest BCUT2D eigenvalue weighted by atomic mass is 9.99. The van der Waals surface area contributed by atoms with Crippen LogP contribution in [0.1, 0.15) is 440 Å². The lowest BCUT2D eigenvalue weighted by Gasteiger charge is -2.21. The summed E-state index contributed by atoms with van der Waals surface area (Å²) >= 11 is 0. The van der Waals surface area contributed by atoms with Crippen molar-refractivity contribution in [1.82, 2.24) is 0 Å². The predicted molar refractivity (Wildman–Crippen MR) is 423 cm³/mol. The molecule has 0 spiro atoms. The monoisotopic (exact) mass is 1510 g/mol. The molecule has 0 saturated carbocycles. The van der Waals surface area contributed by atoms with E-state index in [1.165, 1.54) is 250 Å². The van der Waals surface area contributed by atoms with Crippen LogP contribution in [-0.4, -0.2) is 96.7 Å². The molecular formula is C84H164O17P2. The number of hydrogen-bond acceptors (Lipinski definition) is 15. The van der Waals surface area contributed by atoms with E-state index >= 15 is 0 Å². The lowest BCUT2D eigenvalue weighted by Crippen LogP contribution is -2.30. The van der Waals surface area contributed by atoms with Gasteiger partial charge in [-0.15, -0.1) is 0 Å². The van der Waals surface area contributed by atoms with Crippen LogP contribution in [0.5, 0.6) is 0 Å². The summed E-state index contributed by atoms with van der Waals surface area (Å²) in [6, 6.07) is 0. The molecule has 612 valence electrons. The van der Waals surface area contributed by atoms with E-state index in [2.05, 4.69) is 48.5 Å². The largest absolute Gasteiger partial charge is 0.472 e. The number of carbonyl (C=O) groups excluding carboxylic acids is 4. The van der Waals surface area contributed by atoms with Crippen molar-refractivity contribution in [2.75, 3.05) is 39.6 Å². The van der Waals surface area contributed by atoms with Gasteiger partial charge in [0.15, 0.2) is 12.2 Å². The van der Waals surface area contributed by atoms with Crippen molar-refractivity contribution in [1.29, 1.82) is 0 Å². The molecule has 3 N–H and O–H groups in total. The first-order valence-corrected chi connectivity index (χ1v) is 46.4. The Hall–Kier alpha value is -1.94. The van der Waals surface area contributed by atoms with Gasteiger partial charge in [-0.05, 0) is 43.4 Å². The molecule has 0 aromatic heterocycles. The lowest BCUT2D eigenvalue weighted by molar-refractivity contribution is -0.161. The van der Waals surface area contributed by atoms with Crippen molar-refractivity contribution >= 4 is 39.5 Å². The first-order valence-electron chi connectivity index (χ1n) is 43.4. The third kappa shape index (κ3) is 75.3. The van der Waals surface area contributed by atoms with Gasteiger partial charge in [-0.3, -0.25) is 37.3 Å². The zero-order valence-corrected chi connectivity index (χ0v) is 69.6. The number of ether oxygens (including phenoxy) is 4. The van der Waals surface area contributed by atoms with E-state index in [1.807, 2.05) is 0 Å². The van der Waals surface area contributed by atoms with Gasteiger partial charge in [-0.25, -0.2) is 9.13 Å². The fraction of sp³-hybridized carbons (Fsp3) is 0.952. The number of rotatable bonds is 82. The fourth-order valence-electron chi connectivity index (χ4n) is 13.0. The Morgan fingerprint density at radius 2 is 0.495 bits per heavy atom. The Balaban J connectivity index is 5.25. The molecule has 0 radical (unpaired) electrons. The molecule has 0 heterocycles. The number of unbranched alkanes of at least 4 members (excludes halogenated alkanes) is 48. The summed E-state index contributed by atoms with van der Waals surface area (Å²) in [4.78, 5) is 73.2. The first-order chi connectivity index (χ1) is 49.8. The van der Waals surface area contributed by atoms with Gasteiger partial charge in [-0.1, -0.05) is 389 Å². The molecule has 0 fully saturated rings. The minimum absolute atomic E-state index is 0.106. The SMILES string of the molecule is CCCCCCCCCCCCCCCCCCCCCCC(=O)O[C@H](COC(=O)CCCCCCCCCCCCCCCCC(C)CC)COP(=O)(O)OC[C@@H](O)COP(=O)(O)OC[C@@H](COC(=O)CCCCCCCCCCC(C)C)OC(=O)CCCCCCCCCCCCC(C)CC. The molecule has 0 aromatic carbocycles. The van der Waals surface area contributed by atoms with E-state index in [1.54, 1.807) is 0 Å². The maximum Gasteiger partial charge on any atom is 0.472 e. The molecule has 0 bridgehead atoms. The van der Waals surface area contributed by atoms with E-state index in [-0.39, 0.29) is 25.7 Å². The Morgan fingerprint density at radius 1 is 0.282 bits per heavy atom.